The largest absolute Gasteiger partial charge is 0.486 e. The van der Waals surface area contributed by atoms with E-state index in [2.05, 4.69) is 15.9 Å². The van der Waals surface area contributed by atoms with Crippen LogP contribution in [0.4, 0.5) is 16.2 Å². The minimum absolute atomic E-state index is 0.0126. The molecule has 0 spiro atoms. The first-order chi connectivity index (χ1) is 13.3. The maximum absolute atomic E-state index is 13.2. The van der Waals surface area contributed by atoms with Crippen LogP contribution in [-0.4, -0.2) is 33.4 Å². The summed E-state index contributed by atoms with van der Waals surface area (Å²) in [5.74, 6) is 0.170. The summed E-state index contributed by atoms with van der Waals surface area (Å²) in [5, 5.41) is 0. The second-order valence-electron chi connectivity index (χ2n) is 6.30. The molecule has 0 saturated heterocycles. The van der Waals surface area contributed by atoms with E-state index in [4.69, 9.17) is 4.74 Å². The van der Waals surface area contributed by atoms with Gasteiger partial charge >= 0.3 is 6.03 Å². The highest BCUT2D eigenvalue weighted by molar-refractivity contribution is 9.10. The molecule has 7 nitrogen and oxygen atoms in total. The topological polar surface area (TPSA) is 84.0 Å². The number of ether oxygens (including phenoxy) is 1. The van der Waals surface area contributed by atoms with Gasteiger partial charge in [0.25, 0.3) is 10.0 Å². The van der Waals surface area contributed by atoms with Gasteiger partial charge in [-0.15, -0.1) is 0 Å². The third-order valence-corrected chi connectivity index (χ3v) is 6.37. The van der Waals surface area contributed by atoms with Crippen molar-refractivity contribution in [1.29, 1.82) is 0 Å². The number of hydrogen-bond acceptors (Lipinski definition) is 5. The highest BCUT2D eigenvalue weighted by Crippen LogP contribution is 2.39. The Labute approximate surface area is 172 Å². The second-order valence-corrected chi connectivity index (χ2v) is 8.97. The number of hydrogen-bond donors (Lipinski definition) is 0. The van der Waals surface area contributed by atoms with Crippen molar-refractivity contribution in [1.82, 2.24) is 0 Å². The highest BCUT2D eigenvalue weighted by atomic mass is 79.9. The van der Waals surface area contributed by atoms with Crippen LogP contribution in [0.2, 0.25) is 0 Å². The Morgan fingerprint density at radius 2 is 1.82 bits per heavy atom. The van der Waals surface area contributed by atoms with Crippen molar-refractivity contribution in [2.75, 3.05) is 22.4 Å². The highest BCUT2D eigenvalue weighted by Gasteiger charge is 2.42. The van der Waals surface area contributed by atoms with Gasteiger partial charge in [0, 0.05) is 17.1 Å². The van der Waals surface area contributed by atoms with Crippen LogP contribution in [0, 0.1) is 0 Å². The van der Waals surface area contributed by atoms with Crippen LogP contribution in [0.25, 0.3) is 0 Å². The SMILES string of the molecule is CCCN1C(=O)N(c2ccc(Br)cc2)S(=O)(=O)c2ccc(OCC(C)=O)cc21. The molecule has 1 aliphatic heterocycles. The third-order valence-electron chi connectivity index (χ3n) is 4.09. The molecule has 1 heterocycles. The predicted octanol–water partition coefficient (Wildman–Crippen LogP) is 3.96. The molecule has 0 aliphatic carbocycles. The molecule has 2 aromatic rings. The van der Waals surface area contributed by atoms with Crippen molar-refractivity contribution in [2.24, 2.45) is 0 Å². The van der Waals surface area contributed by atoms with E-state index < -0.39 is 16.1 Å². The van der Waals surface area contributed by atoms with Crippen LogP contribution < -0.4 is 13.9 Å². The molecule has 2 aromatic carbocycles. The summed E-state index contributed by atoms with van der Waals surface area (Å²) in [4.78, 5) is 25.7. The van der Waals surface area contributed by atoms with Crippen molar-refractivity contribution in [3.63, 3.8) is 0 Å². The molecule has 1 aliphatic rings. The molecular weight excluding hydrogens is 448 g/mol. The minimum Gasteiger partial charge on any atom is -0.486 e. The average molecular weight is 467 g/mol. The number of carbonyl (C=O) groups excluding carboxylic acids is 2. The zero-order chi connectivity index (χ0) is 20.5. The number of rotatable bonds is 6. The number of ketones is 1. The maximum atomic E-state index is 13.2. The van der Waals surface area contributed by atoms with E-state index in [0.29, 0.717) is 18.7 Å². The number of urea groups is 1. The van der Waals surface area contributed by atoms with E-state index in [1.165, 1.54) is 30.0 Å². The standard InChI is InChI=1S/C19H19BrN2O5S/c1-3-10-21-17-11-16(27-12-13(2)23)8-9-18(17)28(25,26)22(19(21)24)15-6-4-14(20)5-7-15/h4-9,11H,3,10,12H2,1-2H3. The number of benzene rings is 2. The Morgan fingerprint density at radius 1 is 1.14 bits per heavy atom. The molecule has 0 fully saturated rings. The Balaban J connectivity index is 2.12. The summed E-state index contributed by atoms with van der Waals surface area (Å²) in [6.45, 7) is 3.50. The molecule has 0 unspecified atom stereocenters. The van der Waals surface area contributed by atoms with E-state index >= 15 is 0 Å². The van der Waals surface area contributed by atoms with E-state index in [9.17, 15) is 18.0 Å². The fraction of sp³-hybridized carbons (Fsp3) is 0.263. The lowest BCUT2D eigenvalue weighted by molar-refractivity contribution is -0.118. The number of anilines is 2. The first-order valence-electron chi connectivity index (χ1n) is 8.64. The summed E-state index contributed by atoms with van der Waals surface area (Å²) >= 11 is 3.31. The molecule has 0 atom stereocenters. The first kappa shape index (κ1) is 20.3. The number of carbonyl (C=O) groups is 2. The molecule has 0 bridgehead atoms. The number of sulfonamides is 1. The van der Waals surface area contributed by atoms with Crippen molar-refractivity contribution in [3.8, 4) is 5.75 Å². The van der Waals surface area contributed by atoms with Crippen molar-refractivity contribution in [2.45, 2.75) is 25.2 Å². The molecule has 148 valence electrons. The Morgan fingerprint density at radius 3 is 2.43 bits per heavy atom. The number of halogens is 1. The van der Waals surface area contributed by atoms with Gasteiger partial charge in [-0.05, 0) is 49.7 Å². The van der Waals surface area contributed by atoms with Crippen molar-refractivity contribution in [3.05, 3.63) is 46.9 Å². The van der Waals surface area contributed by atoms with Crippen LogP contribution in [0.1, 0.15) is 20.3 Å². The Kier molecular flexibility index (Phi) is 5.76. The van der Waals surface area contributed by atoms with Crippen molar-refractivity contribution >= 4 is 49.1 Å². The second kappa shape index (κ2) is 7.92. The number of fused-ring (bicyclic) bond motifs is 1. The summed E-state index contributed by atoms with van der Waals surface area (Å²) < 4.78 is 33.4. The van der Waals surface area contributed by atoms with Gasteiger partial charge < -0.3 is 4.74 Å². The molecule has 2 amide bonds. The van der Waals surface area contributed by atoms with Gasteiger partial charge in [-0.3, -0.25) is 9.69 Å². The van der Waals surface area contributed by atoms with Gasteiger partial charge in [0.05, 0.1) is 11.4 Å². The Hall–Kier alpha value is -2.39. The lowest BCUT2D eigenvalue weighted by Crippen LogP contribution is -2.51. The molecule has 3 rings (SSSR count). The summed E-state index contributed by atoms with van der Waals surface area (Å²) in [7, 11) is -4.09. The quantitative estimate of drug-likeness (QED) is 0.642. The van der Waals surface area contributed by atoms with Crippen LogP contribution in [0.15, 0.2) is 51.8 Å². The van der Waals surface area contributed by atoms with Crippen LogP contribution in [0.3, 0.4) is 0 Å². The van der Waals surface area contributed by atoms with Crippen molar-refractivity contribution < 1.29 is 22.7 Å². The molecular formula is C19H19BrN2O5S. The van der Waals surface area contributed by atoms with E-state index in [1.54, 1.807) is 24.3 Å². The summed E-state index contributed by atoms with van der Waals surface area (Å²) in [6.07, 6.45) is 0.637. The van der Waals surface area contributed by atoms with Crippen LogP contribution in [-0.2, 0) is 14.8 Å². The fourth-order valence-electron chi connectivity index (χ4n) is 2.88. The smallest absolute Gasteiger partial charge is 0.343 e. The van der Waals surface area contributed by atoms with E-state index in [0.717, 1.165) is 8.78 Å². The van der Waals surface area contributed by atoms with Gasteiger partial charge in [-0.25, -0.2) is 13.2 Å². The number of amides is 2. The molecule has 28 heavy (non-hydrogen) atoms. The zero-order valence-electron chi connectivity index (χ0n) is 15.4. The Bertz CT molecular complexity index is 1020. The molecule has 0 saturated carbocycles. The van der Waals surface area contributed by atoms with Gasteiger partial charge in [0.2, 0.25) is 0 Å². The van der Waals surface area contributed by atoms with Gasteiger partial charge in [-0.2, -0.15) is 4.31 Å². The average Bonchev–Trinajstić information content (AvgIpc) is 2.64. The molecule has 0 aromatic heterocycles. The fourth-order valence-corrected chi connectivity index (χ4v) is 4.72. The monoisotopic (exact) mass is 466 g/mol. The maximum Gasteiger partial charge on any atom is 0.343 e. The lowest BCUT2D eigenvalue weighted by Gasteiger charge is -2.36. The zero-order valence-corrected chi connectivity index (χ0v) is 17.8. The number of Topliss-reactive ketones (excluding diaryl/α,β-unsaturated/α-hetero) is 1. The van der Waals surface area contributed by atoms with E-state index in [1.807, 2.05) is 6.92 Å². The van der Waals surface area contributed by atoms with Gasteiger partial charge in [0.15, 0.2) is 5.78 Å². The van der Waals surface area contributed by atoms with Gasteiger partial charge in [-0.1, -0.05) is 22.9 Å². The normalized spacial score (nSPS) is 15.3. The lowest BCUT2D eigenvalue weighted by atomic mass is 10.2. The summed E-state index contributed by atoms with van der Waals surface area (Å²) in [6, 6.07) is 10.2. The first-order valence-corrected chi connectivity index (χ1v) is 10.9. The van der Waals surface area contributed by atoms with E-state index in [-0.39, 0.29) is 28.7 Å². The van der Waals surface area contributed by atoms with Crippen LogP contribution >= 0.6 is 15.9 Å². The third kappa shape index (κ3) is 3.77. The molecule has 0 N–H and O–H groups in total. The minimum atomic E-state index is -4.09. The van der Waals surface area contributed by atoms with Gasteiger partial charge in [0.1, 0.15) is 17.3 Å². The summed E-state index contributed by atoms with van der Waals surface area (Å²) in [5.41, 5.74) is 0.512. The number of nitrogens with zero attached hydrogens (tertiary/aromatic N) is 2. The molecule has 0 radical (unpaired) electrons. The predicted molar refractivity (Wildman–Crippen MR) is 109 cm³/mol. The van der Waals surface area contributed by atoms with Crippen LogP contribution in [0.5, 0.6) is 5.75 Å². The molecule has 9 heteroatoms.